The van der Waals surface area contributed by atoms with Crippen molar-refractivity contribution in [3.63, 3.8) is 0 Å². The van der Waals surface area contributed by atoms with Crippen molar-refractivity contribution in [1.29, 1.82) is 0 Å². The topological polar surface area (TPSA) is 90.1 Å². The van der Waals surface area contributed by atoms with Gasteiger partial charge in [0.25, 0.3) is 5.22 Å². The molecule has 148 valence electrons. The Morgan fingerprint density at radius 1 is 1.36 bits per heavy atom. The van der Waals surface area contributed by atoms with Crippen LogP contribution in [-0.2, 0) is 11.2 Å². The molecule has 0 aliphatic rings. The highest BCUT2D eigenvalue weighted by Gasteiger charge is 2.11. The minimum absolute atomic E-state index is 0.165. The summed E-state index contributed by atoms with van der Waals surface area (Å²) in [6.45, 7) is 2.32. The number of hydrogen-bond donors (Lipinski definition) is 1. The Hall–Kier alpha value is -1.81. The van der Waals surface area contributed by atoms with E-state index in [4.69, 9.17) is 32.4 Å². The highest BCUT2D eigenvalue weighted by molar-refractivity contribution is 7.99. The van der Waals surface area contributed by atoms with E-state index >= 15 is 0 Å². The van der Waals surface area contributed by atoms with Crippen LogP contribution in [0.5, 0.6) is 5.75 Å². The van der Waals surface area contributed by atoms with E-state index in [9.17, 15) is 4.79 Å². The van der Waals surface area contributed by atoms with Gasteiger partial charge < -0.3 is 14.5 Å². The predicted octanol–water partition coefficient (Wildman–Crippen LogP) is 4.88. The van der Waals surface area contributed by atoms with Crippen LogP contribution in [0.25, 0.3) is 0 Å². The van der Waals surface area contributed by atoms with Gasteiger partial charge in [-0.1, -0.05) is 35.0 Å². The van der Waals surface area contributed by atoms with Crippen molar-refractivity contribution >= 4 is 57.3 Å². The molecule has 1 amide bonds. The molecule has 7 nitrogen and oxygen atoms in total. The molecular weight excluding hydrogens is 443 g/mol. The number of rotatable bonds is 9. The van der Waals surface area contributed by atoms with Crippen LogP contribution >= 0.6 is 46.3 Å². The molecule has 1 N–H and O–H groups in total. The fraction of sp³-hybridized carbons (Fsp3) is 0.294. The number of carbonyl (C=O) groups is 1. The second kappa shape index (κ2) is 10.1. The van der Waals surface area contributed by atoms with Crippen molar-refractivity contribution in [2.45, 2.75) is 25.0 Å². The van der Waals surface area contributed by atoms with Crippen LogP contribution in [0.3, 0.4) is 0 Å². The van der Waals surface area contributed by atoms with Gasteiger partial charge in [-0.2, -0.15) is 0 Å². The molecule has 1 aromatic carbocycles. The van der Waals surface area contributed by atoms with E-state index in [0.717, 1.165) is 5.69 Å². The summed E-state index contributed by atoms with van der Waals surface area (Å²) in [6, 6.07) is 5.08. The standard InChI is InChI=1S/C17H16Cl2N4O3S2/c1-10-8-27-16(20-10)21-14(24)9-28-17-23-22-15(26-17)3-2-6-25-13-5-4-11(18)7-12(13)19/h4-5,7-8H,2-3,6,9H2,1H3,(H,20,21,24). The molecule has 0 saturated heterocycles. The second-order valence-corrected chi connectivity index (χ2v) is 8.25. The summed E-state index contributed by atoms with van der Waals surface area (Å²) in [5.41, 5.74) is 0.872. The van der Waals surface area contributed by atoms with Gasteiger partial charge >= 0.3 is 0 Å². The highest BCUT2D eigenvalue weighted by Crippen LogP contribution is 2.27. The molecule has 0 bridgehead atoms. The lowest BCUT2D eigenvalue weighted by Crippen LogP contribution is -2.13. The lowest BCUT2D eigenvalue weighted by atomic mass is 10.3. The molecule has 0 unspecified atom stereocenters. The summed E-state index contributed by atoms with van der Waals surface area (Å²) < 4.78 is 11.1. The Bertz CT molecular complexity index is 948. The van der Waals surface area contributed by atoms with Crippen molar-refractivity contribution in [3.8, 4) is 5.75 Å². The molecule has 2 aromatic heterocycles. The second-order valence-electron chi connectivity index (χ2n) is 5.62. The number of aryl methyl sites for hydroxylation is 2. The monoisotopic (exact) mass is 458 g/mol. The highest BCUT2D eigenvalue weighted by atomic mass is 35.5. The fourth-order valence-electron chi connectivity index (χ4n) is 2.09. The molecule has 0 radical (unpaired) electrons. The zero-order chi connectivity index (χ0) is 19.9. The molecule has 0 aliphatic heterocycles. The van der Waals surface area contributed by atoms with Crippen LogP contribution in [-0.4, -0.2) is 33.4 Å². The molecule has 3 aromatic rings. The van der Waals surface area contributed by atoms with E-state index in [0.29, 0.717) is 51.5 Å². The molecule has 0 spiro atoms. The number of thiazole rings is 1. The number of nitrogens with one attached hydrogen (secondary N) is 1. The van der Waals surface area contributed by atoms with Gasteiger partial charge in [0.05, 0.1) is 23.1 Å². The maximum atomic E-state index is 11.9. The zero-order valence-electron chi connectivity index (χ0n) is 14.8. The van der Waals surface area contributed by atoms with Crippen LogP contribution in [0.2, 0.25) is 10.0 Å². The Balaban J connectivity index is 1.37. The van der Waals surface area contributed by atoms with Crippen molar-refractivity contribution in [2.24, 2.45) is 0 Å². The summed E-state index contributed by atoms with van der Waals surface area (Å²) in [5.74, 6) is 1.06. The molecule has 11 heteroatoms. The third-order valence-corrected chi connectivity index (χ3v) is 5.55. The van der Waals surface area contributed by atoms with Crippen LogP contribution in [0.1, 0.15) is 18.0 Å². The van der Waals surface area contributed by atoms with Gasteiger partial charge in [0, 0.05) is 16.8 Å². The van der Waals surface area contributed by atoms with Gasteiger partial charge in [-0.05, 0) is 31.5 Å². The van der Waals surface area contributed by atoms with Crippen LogP contribution in [0.4, 0.5) is 5.13 Å². The molecule has 2 heterocycles. The first-order valence-corrected chi connectivity index (χ1v) is 10.9. The number of thioether (sulfide) groups is 1. The number of carbonyl (C=O) groups excluding carboxylic acids is 1. The Morgan fingerprint density at radius 2 is 2.21 bits per heavy atom. The zero-order valence-corrected chi connectivity index (χ0v) is 17.9. The lowest BCUT2D eigenvalue weighted by Gasteiger charge is -2.07. The molecular formula is C17H16Cl2N4O3S2. The number of nitrogens with zero attached hydrogens (tertiary/aromatic N) is 3. The van der Waals surface area contributed by atoms with Crippen LogP contribution in [0, 0.1) is 6.92 Å². The van der Waals surface area contributed by atoms with Crippen molar-refractivity contribution < 1.29 is 13.9 Å². The maximum absolute atomic E-state index is 11.9. The average molecular weight is 459 g/mol. The normalized spacial score (nSPS) is 10.8. The summed E-state index contributed by atoms with van der Waals surface area (Å²) in [4.78, 5) is 16.1. The summed E-state index contributed by atoms with van der Waals surface area (Å²) in [6.07, 6.45) is 1.23. The van der Waals surface area contributed by atoms with Gasteiger partial charge in [0.15, 0.2) is 5.13 Å². The Morgan fingerprint density at radius 3 is 2.96 bits per heavy atom. The summed E-state index contributed by atoms with van der Waals surface area (Å²) in [5, 5.41) is 14.5. The Kier molecular flexibility index (Phi) is 7.55. The van der Waals surface area contributed by atoms with Gasteiger partial charge in [0.2, 0.25) is 11.8 Å². The number of benzene rings is 1. The third-order valence-electron chi connectivity index (χ3n) is 3.33. The van der Waals surface area contributed by atoms with Gasteiger partial charge in [-0.15, -0.1) is 21.5 Å². The lowest BCUT2D eigenvalue weighted by molar-refractivity contribution is -0.113. The van der Waals surface area contributed by atoms with E-state index in [1.165, 1.54) is 23.1 Å². The minimum Gasteiger partial charge on any atom is -0.492 e. The first-order chi connectivity index (χ1) is 13.5. The maximum Gasteiger partial charge on any atom is 0.277 e. The third kappa shape index (κ3) is 6.37. The van der Waals surface area contributed by atoms with Gasteiger partial charge in [0.1, 0.15) is 5.75 Å². The summed E-state index contributed by atoms with van der Waals surface area (Å²) >= 11 is 14.5. The predicted molar refractivity (Wildman–Crippen MR) is 111 cm³/mol. The molecule has 3 rings (SSSR count). The van der Waals surface area contributed by atoms with Crippen LogP contribution in [0.15, 0.2) is 33.2 Å². The van der Waals surface area contributed by atoms with Crippen molar-refractivity contribution in [3.05, 3.63) is 45.2 Å². The average Bonchev–Trinajstić information content (AvgIpc) is 3.27. The molecule has 0 atom stereocenters. The Labute approximate surface area is 179 Å². The number of amides is 1. The molecule has 0 aliphatic carbocycles. The van der Waals surface area contributed by atoms with E-state index in [-0.39, 0.29) is 11.7 Å². The number of halogens is 2. The minimum atomic E-state index is -0.174. The SMILES string of the molecule is Cc1csc(NC(=O)CSc2nnc(CCCOc3ccc(Cl)cc3Cl)o2)n1. The molecule has 0 fully saturated rings. The first-order valence-electron chi connectivity index (χ1n) is 8.24. The van der Waals surface area contributed by atoms with E-state index in [1.54, 1.807) is 18.2 Å². The quantitative estimate of drug-likeness (QED) is 0.360. The first kappa shape index (κ1) is 20.9. The van der Waals surface area contributed by atoms with Gasteiger partial charge in [-0.3, -0.25) is 4.79 Å². The van der Waals surface area contributed by atoms with Crippen molar-refractivity contribution in [2.75, 3.05) is 17.7 Å². The van der Waals surface area contributed by atoms with E-state index in [2.05, 4.69) is 20.5 Å². The van der Waals surface area contributed by atoms with Crippen molar-refractivity contribution in [1.82, 2.24) is 15.2 Å². The summed E-state index contributed by atoms with van der Waals surface area (Å²) in [7, 11) is 0. The van der Waals surface area contributed by atoms with E-state index in [1.807, 2.05) is 12.3 Å². The van der Waals surface area contributed by atoms with Crippen LogP contribution < -0.4 is 10.1 Å². The van der Waals surface area contributed by atoms with Gasteiger partial charge in [-0.25, -0.2) is 4.98 Å². The molecule has 0 saturated carbocycles. The largest absolute Gasteiger partial charge is 0.492 e. The number of anilines is 1. The molecule has 28 heavy (non-hydrogen) atoms. The number of aromatic nitrogens is 3. The smallest absolute Gasteiger partial charge is 0.277 e. The number of hydrogen-bond acceptors (Lipinski definition) is 8. The van der Waals surface area contributed by atoms with E-state index < -0.39 is 0 Å². The fourth-order valence-corrected chi connectivity index (χ4v) is 3.84. The number of ether oxygens (including phenoxy) is 1.